The minimum atomic E-state index is -2.97. The summed E-state index contributed by atoms with van der Waals surface area (Å²) in [5.74, 6) is 0.0438. The van der Waals surface area contributed by atoms with Crippen LogP contribution >= 0.6 is 0 Å². The van der Waals surface area contributed by atoms with Gasteiger partial charge in [0.05, 0.1) is 40.9 Å². The highest BCUT2D eigenvalue weighted by Crippen LogP contribution is 2.29. The van der Waals surface area contributed by atoms with E-state index in [1.54, 1.807) is 30.9 Å². The van der Waals surface area contributed by atoms with Gasteiger partial charge in [0.15, 0.2) is 0 Å². The maximum Gasteiger partial charge on any atom is 0.150 e. The van der Waals surface area contributed by atoms with Crippen molar-refractivity contribution in [2.24, 2.45) is 7.05 Å². The van der Waals surface area contributed by atoms with Crippen LogP contribution < -0.4 is 5.32 Å². The van der Waals surface area contributed by atoms with Crippen molar-refractivity contribution in [3.63, 3.8) is 0 Å². The Morgan fingerprint density at radius 3 is 2.62 bits per heavy atom. The number of halogens is 1. The Balaban J connectivity index is 1.48. The van der Waals surface area contributed by atoms with Gasteiger partial charge in [0.1, 0.15) is 21.3 Å². The van der Waals surface area contributed by atoms with Crippen molar-refractivity contribution in [3.05, 3.63) is 60.3 Å². The summed E-state index contributed by atoms with van der Waals surface area (Å²) in [6.07, 6.45) is 7.11. The quantitative estimate of drug-likeness (QED) is 0.327. The van der Waals surface area contributed by atoms with Gasteiger partial charge in [-0.2, -0.15) is 5.10 Å². The van der Waals surface area contributed by atoms with Crippen LogP contribution in [0.3, 0.4) is 0 Å². The molecule has 0 amide bonds. The molecule has 9 nitrogen and oxygen atoms in total. The van der Waals surface area contributed by atoms with Gasteiger partial charge in [-0.3, -0.25) is 14.1 Å². The number of aromatic nitrogens is 4. The summed E-state index contributed by atoms with van der Waals surface area (Å²) in [4.78, 5) is 7.17. The molecule has 1 aromatic carbocycles. The molecule has 2 N–H and O–H groups in total. The van der Waals surface area contributed by atoms with E-state index >= 15 is 0 Å². The SMILES string of the molecule is CNc1ccc(-c2ccc3c(CCN(CC(C)O)C4CCS(=O)(=O)CC4)cn(-c4cnn(C)c4)c3n2)cc1F. The van der Waals surface area contributed by atoms with Crippen LogP contribution in [0.25, 0.3) is 28.0 Å². The number of benzene rings is 1. The molecule has 0 spiro atoms. The number of aliphatic hydroxyl groups excluding tert-OH is 1. The van der Waals surface area contributed by atoms with E-state index in [0.717, 1.165) is 22.3 Å². The number of hydrogen-bond acceptors (Lipinski definition) is 7. The number of hydrogen-bond donors (Lipinski definition) is 2. The highest BCUT2D eigenvalue weighted by molar-refractivity contribution is 7.91. The van der Waals surface area contributed by atoms with Crippen LogP contribution in [0.15, 0.2) is 48.9 Å². The maximum atomic E-state index is 14.5. The fourth-order valence-corrected chi connectivity index (χ4v) is 6.87. The van der Waals surface area contributed by atoms with Gasteiger partial charge < -0.3 is 10.4 Å². The summed E-state index contributed by atoms with van der Waals surface area (Å²) in [7, 11) is 0.576. The lowest BCUT2D eigenvalue weighted by molar-refractivity contribution is 0.0942. The molecule has 1 unspecified atom stereocenters. The van der Waals surface area contributed by atoms with Crippen molar-refractivity contribution in [2.75, 3.05) is 37.0 Å². The Labute approximate surface area is 228 Å². The topological polar surface area (TPSA) is 105 Å². The van der Waals surface area contributed by atoms with Gasteiger partial charge in [0.25, 0.3) is 0 Å². The number of aryl methyl sites for hydroxylation is 1. The molecule has 39 heavy (non-hydrogen) atoms. The van der Waals surface area contributed by atoms with Gasteiger partial charge in [-0.05, 0) is 56.0 Å². The van der Waals surface area contributed by atoms with Crippen molar-refractivity contribution in [1.29, 1.82) is 0 Å². The van der Waals surface area contributed by atoms with Gasteiger partial charge in [-0.15, -0.1) is 0 Å². The number of sulfone groups is 1. The van der Waals surface area contributed by atoms with Crippen molar-refractivity contribution in [1.82, 2.24) is 24.2 Å². The lowest BCUT2D eigenvalue weighted by Gasteiger charge is -2.35. The Morgan fingerprint density at radius 2 is 1.97 bits per heavy atom. The summed E-state index contributed by atoms with van der Waals surface area (Å²) < 4.78 is 42.2. The van der Waals surface area contributed by atoms with Crippen molar-refractivity contribution >= 4 is 26.6 Å². The molecule has 11 heteroatoms. The van der Waals surface area contributed by atoms with E-state index < -0.39 is 15.9 Å². The van der Waals surface area contributed by atoms with E-state index in [-0.39, 0.29) is 23.4 Å². The Bertz CT molecular complexity index is 1570. The first-order valence-electron chi connectivity index (χ1n) is 13.2. The van der Waals surface area contributed by atoms with E-state index in [1.165, 1.54) is 6.07 Å². The zero-order valence-corrected chi connectivity index (χ0v) is 23.3. The molecule has 3 aromatic heterocycles. The largest absolute Gasteiger partial charge is 0.392 e. The zero-order chi connectivity index (χ0) is 27.7. The van der Waals surface area contributed by atoms with Crippen LogP contribution in [0.2, 0.25) is 0 Å². The molecule has 0 aliphatic carbocycles. The minimum absolute atomic E-state index is 0.120. The normalized spacial score (nSPS) is 16.7. The molecular formula is C28H35FN6O3S. The van der Waals surface area contributed by atoms with Crippen LogP contribution in [-0.2, 0) is 23.3 Å². The van der Waals surface area contributed by atoms with Crippen LogP contribution in [0.4, 0.5) is 10.1 Å². The number of rotatable bonds is 9. The summed E-state index contributed by atoms with van der Waals surface area (Å²) in [5.41, 5.74) is 4.48. The van der Waals surface area contributed by atoms with Crippen molar-refractivity contribution in [3.8, 4) is 16.9 Å². The summed E-state index contributed by atoms with van der Waals surface area (Å²) >= 11 is 0. The summed E-state index contributed by atoms with van der Waals surface area (Å²) in [5, 5.41) is 18.3. The van der Waals surface area contributed by atoms with Crippen LogP contribution in [-0.4, -0.2) is 81.5 Å². The van der Waals surface area contributed by atoms with E-state index in [9.17, 15) is 17.9 Å². The monoisotopic (exact) mass is 554 g/mol. The zero-order valence-electron chi connectivity index (χ0n) is 22.5. The van der Waals surface area contributed by atoms with Gasteiger partial charge in [-0.25, -0.2) is 17.8 Å². The molecule has 0 bridgehead atoms. The average Bonchev–Trinajstić information content (AvgIpc) is 3.49. The summed E-state index contributed by atoms with van der Waals surface area (Å²) in [6.45, 7) is 2.93. The number of aliphatic hydroxyl groups is 1. The van der Waals surface area contributed by atoms with Crippen LogP contribution in [0, 0.1) is 5.82 Å². The molecular weight excluding hydrogens is 519 g/mol. The first-order valence-corrected chi connectivity index (χ1v) is 15.1. The average molecular weight is 555 g/mol. The second kappa shape index (κ2) is 11.1. The number of anilines is 1. The second-order valence-corrected chi connectivity index (χ2v) is 12.7. The van der Waals surface area contributed by atoms with E-state index in [4.69, 9.17) is 4.98 Å². The van der Waals surface area contributed by atoms with Gasteiger partial charge >= 0.3 is 0 Å². The molecule has 208 valence electrons. The van der Waals surface area contributed by atoms with Crippen LogP contribution in [0.1, 0.15) is 25.3 Å². The molecule has 1 aliphatic rings. The number of pyridine rings is 1. The standard InChI is InChI=1S/C28H35FN6O3S/c1-19(36)16-34(22-9-12-39(37,38)13-10-22)11-8-21-17-35(23-15-31-33(3)18-23)28-24(21)5-7-26(32-28)20-4-6-27(30-2)25(29)14-20/h4-7,14-15,17-19,22,30,36H,8-13,16H2,1-3H3. The van der Waals surface area contributed by atoms with Gasteiger partial charge in [0, 0.05) is 56.6 Å². The highest BCUT2D eigenvalue weighted by Gasteiger charge is 2.28. The number of fused-ring (bicyclic) bond motifs is 1. The van der Waals surface area contributed by atoms with Gasteiger partial charge in [-0.1, -0.05) is 6.07 Å². The molecule has 0 radical (unpaired) electrons. The molecule has 1 aliphatic heterocycles. The predicted molar refractivity (Wildman–Crippen MR) is 151 cm³/mol. The van der Waals surface area contributed by atoms with Crippen LogP contribution in [0.5, 0.6) is 0 Å². The van der Waals surface area contributed by atoms with E-state index in [2.05, 4.69) is 21.5 Å². The maximum absolute atomic E-state index is 14.5. The first-order chi connectivity index (χ1) is 18.6. The minimum Gasteiger partial charge on any atom is -0.392 e. The summed E-state index contributed by atoms with van der Waals surface area (Å²) in [6, 6.07) is 9.09. The third kappa shape index (κ3) is 6.00. The third-order valence-corrected chi connectivity index (χ3v) is 9.16. The second-order valence-electron chi connectivity index (χ2n) is 10.4. The fourth-order valence-electron chi connectivity index (χ4n) is 5.41. The molecule has 0 saturated carbocycles. The van der Waals surface area contributed by atoms with E-state index in [1.807, 2.05) is 36.0 Å². The Morgan fingerprint density at radius 1 is 1.21 bits per heavy atom. The highest BCUT2D eigenvalue weighted by atomic mass is 32.2. The molecule has 1 fully saturated rings. The van der Waals surface area contributed by atoms with E-state index in [0.29, 0.717) is 49.3 Å². The van der Waals surface area contributed by atoms with Crippen molar-refractivity contribution in [2.45, 2.75) is 38.3 Å². The lowest BCUT2D eigenvalue weighted by atomic mass is 10.1. The van der Waals surface area contributed by atoms with Gasteiger partial charge in [0.2, 0.25) is 0 Å². The predicted octanol–water partition coefficient (Wildman–Crippen LogP) is 3.41. The Hall–Kier alpha value is -3.28. The molecule has 4 heterocycles. The van der Waals surface area contributed by atoms with Crippen molar-refractivity contribution < 1.29 is 17.9 Å². The molecule has 5 rings (SSSR count). The Kier molecular flexibility index (Phi) is 7.75. The first kappa shape index (κ1) is 27.3. The number of nitrogens with zero attached hydrogens (tertiary/aromatic N) is 5. The number of nitrogens with one attached hydrogen (secondary N) is 1. The molecule has 1 saturated heterocycles. The smallest absolute Gasteiger partial charge is 0.150 e. The lowest BCUT2D eigenvalue weighted by Crippen LogP contribution is -2.45. The fraction of sp³-hybridized carbons (Fsp3) is 0.429. The molecule has 1 atom stereocenters. The third-order valence-electron chi connectivity index (χ3n) is 7.45. The molecule has 4 aromatic rings.